The monoisotopic (exact) mass is 252 g/mol. The van der Waals surface area contributed by atoms with Gasteiger partial charge in [0, 0.05) is 21.8 Å². The number of benzene rings is 2. The van der Waals surface area contributed by atoms with E-state index in [-0.39, 0.29) is 5.91 Å². The Hall–Kier alpha value is -2.78. The number of carbonyl (C=O) groups excluding carboxylic acids is 1. The molecule has 5 heteroatoms. The molecule has 94 valence electrons. The van der Waals surface area contributed by atoms with Gasteiger partial charge >= 0.3 is 0 Å². The van der Waals surface area contributed by atoms with Gasteiger partial charge in [-0.05, 0) is 36.7 Å². The van der Waals surface area contributed by atoms with Gasteiger partial charge in [-0.3, -0.25) is 4.79 Å². The molecule has 1 N–H and O–H groups in total. The fourth-order valence-corrected chi connectivity index (χ4v) is 1.57. The SMILES string of the molecule is Cc1ccc(C(=O)Nc2ccc(N=[N+]=[N-])cc2)cc1. The van der Waals surface area contributed by atoms with Crippen molar-refractivity contribution in [1.29, 1.82) is 0 Å². The maximum Gasteiger partial charge on any atom is 0.255 e. The van der Waals surface area contributed by atoms with E-state index >= 15 is 0 Å². The summed E-state index contributed by atoms with van der Waals surface area (Å²) in [6.45, 7) is 1.97. The molecule has 0 bridgehead atoms. The Kier molecular flexibility index (Phi) is 3.81. The van der Waals surface area contributed by atoms with Gasteiger partial charge in [0.1, 0.15) is 0 Å². The Labute approximate surface area is 110 Å². The van der Waals surface area contributed by atoms with E-state index in [0.29, 0.717) is 16.9 Å². The molecule has 0 aliphatic heterocycles. The molecule has 0 radical (unpaired) electrons. The van der Waals surface area contributed by atoms with E-state index in [1.807, 2.05) is 19.1 Å². The van der Waals surface area contributed by atoms with Crippen LogP contribution in [0.4, 0.5) is 11.4 Å². The first-order chi connectivity index (χ1) is 9.19. The van der Waals surface area contributed by atoms with Crippen LogP contribution in [0.25, 0.3) is 10.4 Å². The van der Waals surface area contributed by atoms with Crippen molar-refractivity contribution in [3.63, 3.8) is 0 Å². The van der Waals surface area contributed by atoms with Gasteiger partial charge in [-0.15, -0.1) is 0 Å². The minimum absolute atomic E-state index is 0.170. The van der Waals surface area contributed by atoms with Crippen LogP contribution in [0.1, 0.15) is 15.9 Å². The maximum absolute atomic E-state index is 11.9. The number of nitrogens with one attached hydrogen (secondary N) is 1. The lowest BCUT2D eigenvalue weighted by atomic mass is 10.1. The average molecular weight is 252 g/mol. The highest BCUT2D eigenvalue weighted by Gasteiger charge is 2.05. The first-order valence-corrected chi connectivity index (χ1v) is 5.72. The topological polar surface area (TPSA) is 77.9 Å². The average Bonchev–Trinajstić information content (AvgIpc) is 2.42. The standard InChI is InChI=1S/C14H12N4O/c1-10-2-4-11(5-3-10)14(19)16-12-6-8-13(9-7-12)17-18-15/h2-9H,1H3,(H,16,19). The van der Waals surface area contributed by atoms with E-state index in [2.05, 4.69) is 15.3 Å². The van der Waals surface area contributed by atoms with Crippen molar-refractivity contribution in [2.45, 2.75) is 6.92 Å². The minimum Gasteiger partial charge on any atom is -0.322 e. The minimum atomic E-state index is -0.170. The number of azide groups is 1. The Morgan fingerprint density at radius 2 is 1.74 bits per heavy atom. The number of nitrogens with zero attached hydrogens (tertiary/aromatic N) is 3. The van der Waals surface area contributed by atoms with Crippen molar-refractivity contribution < 1.29 is 4.79 Å². The lowest BCUT2D eigenvalue weighted by molar-refractivity contribution is 0.102. The van der Waals surface area contributed by atoms with Crippen LogP contribution in [0.15, 0.2) is 53.6 Å². The lowest BCUT2D eigenvalue weighted by Gasteiger charge is -2.05. The molecule has 0 atom stereocenters. The lowest BCUT2D eigenvalue weighted by Crippen LogP contribution is -2.11. The molecule has 0 saturated carbocycles. The number of amides is 1. The van der Waals surface area contributed by atoms with E-state index in [4.69, 9.17) is 5.53 Å². The summed E-state index contributed by atoms with van der Waals surface area (Å²) in [5.41, 5.74) is 11.2. The zero-order valence-electron chi connectivity index (χ0n) is 10.4. The van der Waals surface area contributed by atoms with Crippen LogP contribution < -0.4 is 5.32 Å². The smallest absolute Gasteiger partial charge is 0.255 e. The third-order valence-electron chi connectivity index (χ3n) is 2.60. The number of anilines is 1. The molecule has 1 amide bonds. The highest BCUT2D eigenvalue weighted by molar-refractivity contribution is 6.04. The first kappa shape index (κ1) is 12.7. The van der Waals surface area contributed by atoms with Gasteiger partial charge in [0.2, 0.25) is 0 Å². The molecule has 2 rings (SSSR count). The summed E-state index contributed by atoms with van der Waals surface area (Å²) in [6.07, 6.45) is 0. The molecule has 0 unspecified atom stereocenters. The second kappa shape index (κ2) is 5.71. The van der Waals surface area contributed by atoms with E-state index in [0.717, 1.165) is 5.56 Å². The fourth-order valence-electron chi connectivity index (χ4n) is 1.57. The second-order valence-electron chi connectivity index (χ2n) is 4.06. The molecule has 2 aromatic carbocycles. The van der Waals surface area contributed by atoms with Gasteiger partial charge in [-0.25, -0.2) is 0 Å². The van der Waals surface area contributed by atoms with Crippen molar-refractivity contribution in [1.82, 2.24) is 0 Å². The van der Waals surface area contributed by atoms with E-state index in [9.17, 15) is 4.79 Å². The van der Waals surface area contributed by atoms with Crippen LogP contribution in [0.2, 0.25) is 0 Å². The predicted octanol–water partition coefficient (Wildman–Crippen LogP) is 4.19. The fraction of sp³-hybridized carbons (Fsp3) is 0.0714. The first-order valence-electron chi connectivity index (χ1n) is 5.72. The van der Waals surface area contributed by atoms with Gasteiger partial charge in [0.15, 0.2) is 0 Å². The maximum atomic E-state index is 11.9. The summed E-state index contributed by atoms with van der Waals surface area (Å²) in [6, 6.07) is 14.0. The summed E-state index contributed by atoms with van der Waals surface area (Å²) >= 11 is 0. The third-order valence-corrected chi connectivity index (χ3v) is 2.60. The molecule has 0 aromatic heterocycles. The molecule has 0 saturated heterocycles. The molecule has 5 nitrogen and oxygen atoms in total. The summed E-state index contributed by atoms with van der Waals surface area (Å²) in [5, 5.41) is 6.24. The summed E-state index contributed by atoms with van der Waals surface area (Å²) < 4.78 is 0. The van der Waals surface area contributed by atoms with Gasteiger partial charge in [-0.2, -0.15) is 0 Å². The molecule has 0 spiro atoms. The molecular weight excluding hydrogens is 240 g/mol. The normalized spacial score (nSPS) is 9.53. The molecule has 2 aromatic rings. The second-order valence-corrected chi connectivity index (χ2v) is 4.06. The molecule has 0 aliphatic rings. The Morgan fingerprint density at radius 3 is 2.32 bits per heavy atom. The van der Waals surface area contributed by atoms with Crippen LogP contribution in [0.5, 0.6) is 0 Å². The molecule has 19 heavy (non-hydrogen) atoms. The number of carbonyl (C=O) groups is 1. The van der Waals surface area contributed by atoms with Crippen molar-refractivity contribution in [2.24, 2.45) is 5.11 Å². The quantitative estimate of drug-likeness (QED) is 0.496. The van der Waals surface area contributed by atoms with Crippen LogP contribution in [-0.2, 0) is 0 Å². The van der Waals surface area contributed by atoms with Crippen LogP contribution >= 0.6 is 0 Å². The molecular formula is C14H12N4O. The predicted molar refractivity (Wildman–Crippen MR) is 74.4 cm³/mol. The Bertz CT molecular complexity index is 626. The summed E-state index contributed by atoms with van der Waals surface area (Å²) in [7, 11) is 0. The van der Waals surface area contributed by atoms with Gasteiger partial charge < -0.3 is 5.32 Å². The summed E-state index contributed by atoms with van der Waals surface area (Å²) in [5.74, 6) is -0.170. The zero-order chi connectivity index (χ0) is 13.7. The number of hydrogen-bond donors (Lipinski definition) is 1. The van der Waals surface area contributed by atoms with Crippen LogP contribution in [0.3, 0.4) is 0 Å². The molecule has 0 fully saturated rings. The van der Waals surface area contributed by atoms with Crippen LogP contribution in [-0.4, -0.2) is 5.91 Å². The van der Waals surface area contributed by atoms with E-state index in [1.165, 1.54) is 0 Å². The van der Waals surface area contributed by atoms with Crippen LogP contribution in [0, 0.1) is 6.92 Å². The van der Waals surface area contributed by atoms with Crippen molar-refractivity contribution in [3.8, 4) is 0 Å². The van der Waals surface area contributed by atoms with Gasteiger partial charge in [0.25, 0.3) is 5.91 Å². The Morgan fingerprint density at radius 1 is 1.11 bits per heavy atom. The van der Waals surface area contributed by atoms with Crippen molar-refractivity contribution in [2.75, 3.05) is 5.32 Å². The van der Waals surface area contributed by atoms with Crippen molar-refractivity contribution in [3.05, 3.63) is 70.1 Å². The highest BCUT2D eigenvalue weighted by atomic mass is 16.1. The molecule has 0 heterocycles. The number of aryl methyl sites for hydroxylation is 1. The van der Waals surface area contributed by atoms with Gasteiger partial charge in [-0.1, -0.05) is 34.9 Å². The number of hydrogen-bond acceptors (Lipinski definition) is 2. The third kappa shape index (κ3) is 3.34. The largest absolute Gasteiger partial charge is 0.322 e. The van der Waals surface area contributed by atoms with E-state index < -0.39 is 0 Å². The number of rotatable bonds is 3. The summed E-state index contributed by atoms with van der Waals surface area (Å²) in [4.78, 5) is 14.6. The Balaban J connectivity index is 2.10. The highest BCUT2D eigenvalue weighted by Crippen LogP contribution is 2.17. The molecule has 0 aliphatic carbocycles. The van der Waals surface area contributed by atoms with Crippen molar-refractivity contribution >= 4 is 17.3 Å². The zero-order valence-corrected chi connectivity index (χ0v) is 10.4. The van der Waals surface area contributed by atoms with Gasteiger partial charge in [0.05, 0.1) is 0 Å². The van der Waals surface area contributed by atoms with E-state index in [1.54, 1.807) is 36.4 Å².